The summed E-state index contributed by atoms with van der Waals surface area (Å²) in [6.45, 7) is 2.20. The molecule has 0 heterocycles. The monoisotopic (exact) mass is 346 g/mol. The molecule has 0 radical (unpaired) electrons. The Bertz CT molecular complexity index is 761. The van der Waals surface area contributed by atoms with Gasteiger partial charge in [0, 0.05) is 18.7 Å². The van der Waals surface area contributed by atoms with E-state index in [4.69, 9.17) is 12.2 Å². The third kappa shape index (κ3) is 5.10. The molecule has 6 nitrogen and oxygen atoms in total. The van der Waals surface area contributed by atoms with Crippen molar-refractivity contribution in [2.24, 2.45) is 5.10 Å². The minimum absolute atomic E-state index is 0.0241. The summed E-state index contributed by atoms with van der Waals surface area (Å²) < 4.78 is 12.8. The van der Waals surface area contributed by atoms with Crippen LogP contribution in [0.4, 0.5) is 10.1 Å². The number of hydrogen-bond donors (Lipinski definition) is 2. The molecule has 0 aliphatic carbocycles. The van der Waals surface area contributed by atoms with Gasteiger partial charge >= 0.3 is 0 Å². The van der Waals surface area contributed by atoms with Crippen LogP contribution < -0.4 is 10.7 Å². The Morgan fingerprint density at radius 1 is 1.21 bits per heavy atom. The molecule has 0 amide bonds. The lowest BCUT2D eigenvalue weighted by atomic mass is 10.1. The van der Waals surface area contributed by atoms with Gasteiger partial charge in [-0.25, -0.2) is 4.39 Å². The number of halogens is 1. The molecule has 0 saturated heterocycles. The van der Waals surface area contributed by atoms with Crippen molar-refractivity contribution in [3.05, 3.63) is 75.6 Å². The van der Waals surface area contributed by atoms with E-state index in [1.54, 1.807) is 31.2 Å². The van der Waals surface area contributed by atoms with E-state index in [-0.39, 0.29) is 11.5 Å². The van der Waals surface area contributed by atoms with Crippen molar-refractivity contribution in [2.45, 2.75) is 13.5 Å². The number of non-ortho nitro benzene ring substituents is 1. The molecular formula is C16H15FN4O2S. The Morgan fingerprint density at radius 3 is 2.42 bits per heavy atom. The SMILES string of the molecule is C/C(=N/NC(=S)NCc1ccc(F)cc1)c1ccc([N+](=O)[O-])cc1. The zero-order valence-electron chi connectivity index (χ0n) is 12.8. The van der Waals surface area contributed by atoms with Gasteiger partial charge in [0.25, 0.3) is 5.69 Å². The van der Waals surface area contributed by atoms with Crippen molar-refractivity contribution in [3.8, 4) is 0 Å². The fourth-order valence-corrected chi connectivity index (χ4v) is 1.97. The van der Waals surface area contributed by atoms with E-state index in [2.05, 4.69) is 15.8 Å². The highest BCUT2D eigenvalue weighted by Crippen LogP contribution is 2.12. The van der Waals surface area contributed by atoms with Crippen LogP contribution in [0.25, 0.3) is 0 Å². The third-order valence-corrected chi connectivity index (χ3v) is 3.42. The Kier molecular flexibility index (Phi) is 5.91. The molecule has 24 heavy (non-hydrogen) atoms. The molecule has 0 fully saturated rings. The van der Waals surface area contributed by atoms with Crippen LogP contribution in [0.3, 0.4) is 0 Å². The highest BCUT2D eigenvalue weighted by molar-refractivity contribution is 7.80. The molecule has 0 aliphatic rings. The van der Waals surface area contributed by atoms with Gasteiger partial charge in [-0.1, -0.05) is 12.1 Å². The van der Waals surface area contributed by atoms with Crippen LogP contribution >= 0.6 is 12.2 Å². The molecule has 124 valence electrons. The van der Waals surface area contributed by atoms with Crippen molar-refractivity contribution in [3.63, 3.8) is 0 Å². The van der Waals surface area contributed by atoms with Crippen LogP contribution in [0, 0.1) is 15.9 Å². The first-order chi connectivity index (χ1) is 11.5. The predicted octanol–water partition coefficient (Wildman–Crippen LogP) is 3.12. The zero-order chi connectivity index (χ0) is 17.5. The van der Waals surface area contributed by atoms with Crippen molar-refractivity contribution >= 4 is 28.7 Å². The van der Waals surface area contributed by atoms with E-state index in [1.807, 2.05) is 0 Å². The maximum Gasteiger partial charge on any atom is 0.269 e. The molecule has 2 rings (SSSR count). The minimum Gasteiger partial charge on any atom is -0.357 e. The number of hydrogen-bond acceptors (Lipinski definition) is 4. The number of thiocarbonyl (C=S) groups is 1. The molecule has 0 saturated carbocycles. The average Bonchev–Trinajstić information content (AvgIpc) is 2.59. The number of nitro benzene ring substituents is 1. The highest BCUT2D eigenvalue weighted by atomic mass is 32.1. The smallest absolute Gasteiger partial charge is 0.269 e. The van der Waals surface area contributed by atoms with Crippen LogP contribution in [0.5, 0.6) is 0 Å². The number of nitro groups is 1. The van der Waals surface area contributed by atoms with Crippen LogP contribution in [0.2, 0.25) is 0 Å². The summed E-state index contributed by atoms with van der Waals surface area (Å²) in [4.78, 5) is 10.2. The van der Waals surface area contributed by atoms with Crippen molar-refractivity contribution < 1.29 is 9.31 Å². The Balaban J connectivity index is 1.87. The third-order valence-electron chi connectivity index (χ3n) is 3.19. The number of nitrogens with one attached hydrogen (secondary N) is 2. The normalized spacial score (nSPS) is 11.0. The van der Waals surface area contributed by atoms with Gasteiger partial charge in [-0.2, -0.15) is 5.10 Å². The van der Waals surface area contributed by atoms with Crippen molar-refractivity contribution in [2.75, 3.05) is 0 Å². The molecule has 2 aromatic carbocycles. The first-order valence-electron chi connectivity index (χ1n) is 7.03. The summed E-state index contributed by atoms with van der Waals surface area (Å²) in [7, 11) is 0. The molecular weight excluding hydrogens is 331 g/mol. The Labute approximate surface area is 143 Å². The number of rotatable bonds is 5. The fourth-order valence-electron chi connectivity index (χ4n) is 1.85. The van der Waals surface area contributed by atoms with Gasteiger partial charge in [0.15, 0.2) is 5.11 Å². The van der Waals surface area contributed by atoms with Crippen molar-refractivity contribution in [1.29, 1.82) is 0 Å². The summed E-state index contributed by atoms with van der Waals surface area (Å²) in [6.07, 6.45) is 0. The lowest BCUT2D eigenvalue weighted by Crippen LogP contribution is -2.32. The average molecular weight is 346 g/mol. The molecule has 0 spiro atoms. The van der Waals surface area contributed by atoms with Gasteiger partial charge in [0.1, 0.15) is 5.82 Å². The van der Waals surface area contributed by atoms with Gasteiger partial charge in [0.2, 0.25) is 0 Å². The predicted molar refractivity (Wildman–Crippen MR) is 94.3 cm³/mol. The van der Waals surface area contributed by atoms with Gasteiger partial charge < -0.3 is 5.32 Å². The number of hydrazone groups is 1. The maximum atomic E-state index is 12.8. The molecule has 8 heteroatoms. The second kappa shape index (κ2) is 8.11. The quantitative estimate of drug-likeness (QED) is 0.376. The fraction of sp³-hybridized carbons (Fsp3) is 0.125. The Hall–Kier alpha value is -2.87. The highest BCUT2D eigenvalue weighted by Gasteiger charge is 2.05. The first kappa shape index (κ1) is 17.5. The summed E-state index contributed by atoms with van der Waals surface area (Å²) in [6, 6.07) is 12.2. The molecule has 2 aromatic rings. The summed E-state index contributed by atoms with van der Waals surface area (Å²) >= 11 is 5.11. The van der Waals surface area contributed by atoms with Crippen molar-refractivity contribution in [1.82, 2.24) is 10.7 Å². The molecule has 0 aromatic heterocycles. The summed E-state index contributed by atoms with van der Waals surface area (Å²) in [5.41, 5.74) is 4.99. The molecule has 0 unspecified atom stereocenters. The topological polar surface area (TPSA) is 79.6 Å². The van der Waals surface area contributed by atoms with E-state index in [0.29, 0.717) is 17.4 Å². The van der Waals surface area contributed by atoms with Gasteiger partial charge in [-0.15, -0.1) is 0 Å². The number of nitrogens with zero attached hydrogens (tertiary/aromatic N) is 2. The molecule has 2 N–H and O–H groups in total. The van der Waals surface area contributed by atoms with E-state index in [1.165, 1.54) is 24.3 Å². The van der Waals surface area contributed by atoms with Crippen LogP contribution in [0.15, 0.2) is 53.6 Å². The zero-order valence-corrected chi connectivity index (χ0v) is 13.6. The van der Waals surface area contributed by atoms with Gasteiger partial charge in [0.05, 0.1) is 10.6 Å². The standard InChI is InChI=1S/C16H15FN4O2S/c1-11(13-4-8-15(9-5-13)21(22)23)19-20-16(24)18-10-12-2-6-14(17)7-3-12/h2-9H,10H2,1H3,(H2,18,20,24)/b19-11-. The lowest BCUT2D eigenvalue weighted by Gasteiger charge is -2.08. The summed E-state index contributed by atoms with van der Waals surface area (Å²) in [5.74, 6) is -0.289. The Morgan fingerprint density at radius 2 is 1.83 bits per heavy atom. The van der Waals surface area contributed by atoms with Crippen LogP contribution in [-0.2, 0) is 6.54 Å². The van der Waals surface area contributed by atoms with Gasteiger partial charge in [-0.05, 0) is 54.5 Å². The first-order valence-corrected chi connectivity index (χ1v) is 7.44. The van der Waals surface area contributed by atoms with E-state index < -0.39 is 4.92 Å². The second-order valence-electron chi connectivity index (χ2n) is 4.92. The van der Waals surface area contributed by atoms with Crippen LogP contribution in [0.1, 0.15) is 18.1 Å². The van der Waals surface area contributed by atoms with Gasteiger partial charge in [-0.3, -0.25) is 15.5 Å². The largest absolute Gasteiger partial charge is 0.357 e. The summed E-state index contributed by atoms with van der Waals surface area (Å²) in [5, 5.41) is 18.0. The van der Waals surface area contributed by atoms with Crippen LogP contribution in [-0.4, -0.2) is 15.7 Å². The second-order valence-corrected chi connectivity index (χ2v) is 5.33. The van der Waals surface area contributed by atoms with E-state index in [9.17, 15) is 14.5 Å². The lowest BCUT2D eigenvalue weighted by molar-refractivity contribution is -0.384. The molecule has 0 atom stereocenters. The maximum absolute atomic E-state index is 12.8. The number of benzene rings is 2. The van der Waals surface area contributed by atoms with E-state index >= 15 is 0 Å². The molecule has 0 aliphatic heterocycles. The van der Waals surface area contributed by atoms with E-state index in [0.717, 1.165) is 11.1 Å². The minimum atomic E-state index is -0.455. The molecule has 0 bridgehead atoms.